The highest BCUT2D eigenvalue weighted by Gasteiger charge is 2.16. The molecule has 1 atom stereocenters. The Hall–Kier alpha value is -3.19. The number of hydrogen-bond acceptors (Lipinski definition) is 5. The fourth-order valence-corrected chi connectivity index (χ4v) is 4.45. The minimum Gasteiger partial charge on any atom is -0.349 e. The maximum atomic E-state index is 13.0. The minimum absolute atomic E-state index is 0.109. The lowest BCUT2D eigenvalue weighted by atomic mass is 10.0. The normalized spacial score (nSPS) is 12.4. The predicted molar refractivity (Wildman–Crippen MR) is 130 cm³/mol. The van der Waals surface area contributed by atoms with Crippen molar-refractivity contribution < 1.29 is 4.79 Å². The van der Waals surface area contributed by atoms with Gasteiger partial charge in [0.05, 0.1) is 17.2 Å². The summed E-state index contributed by atoms with van der Waals surface area (Å²) < 4.78 is 1.65. The molecule has 0 bridgehead atoms. The number of nitrogens with one attached hydrogen (secondary N) is 1. The number of thioether (sulfide) groups is 1. The Kier molecular flexibility index (Phi) is 6.55. The lowest BCUT2D eigenvalue weighted by Gasteiger charge is -2.16. The van der Waals surface area contributed by atoms with Crippen molar-refractivity contribution in [2.45, 2.75) is 38.5 Å². The van der Waals surface area contributed by atoms with Crippen LogP contribution in [0.5, 0.6) is 0 Å². The third kappa shape index (κ3) is 4.83. The Balaban J connectivity index is 1.49. The van der Waals surface area contributed by atoms with Gasteiger partial charge in [0.2, 0.25) is 5.91 Å². The molecular formula is C25H26N4O2S. The van der Waals surface area contributed by atoms with Gasteiger partial charge in [-0.3, -0.25) is 14.2 Å². The molecule has 0 spiro atoms. The summed E-state index contributed by atoms with van der Waals surface area (Å²) in [5.41, 5.74) is 1.33. The molecule has 0 fully saturated rings. The molecule has 2 aromatic heterocycles. The molecule has 1 amide bonds. The number of aromatic nitrogens is 3. The van der Waals surface area contributed by atoms with Crippen LogP contribution in [0, 0.1) is 5.92 Å². The maximum absolute atomic E-state index is 13.0. The quantitative estimate of drug-likeness (QED) is 0.332. The van der Waals surface area contributed by atoms with Gasteiger partial charge in [-0.1, -0.05) is 62.0 Å². The average molecular weight is 447 g/mol. The standard InChI is InChI=1S/C25H26N4O2S/c1-16(2)14-29-24(31)21-9-6-12-26-23(21)28-25(29)32-15-22(30)27-17(3)19-11-10-18-7-4-5-8-20(18)13-19/h4-13,16-17H,14-15H2,1-3H3,(H,27,30)/t17-/m1/s1. The van der Waals surface area contributed by atoms with E-state index in [1.807, 2.05) is 39.0 Å². The van der Waals surface area contributed by atoms with Crippen LogP contribution in [0.15, 0.2) is 70.7 Å². The first-order valence-electron chi connectivity index (χ1n) is 10.7. The maximum Gasteiger partial charge on any atom is 0.263 e. The first kappa shape index (κ1) is 22.0. The van der Waals surface area contributed by atoms with Gasteiger partial charge in [0.1, 0.15) is 0 Å². The molecule has 0 aliphatic carbocycles. The average Bonchev–Trinajstić information content (AvgIpc) is 2.79. The number of rotatable bonds is 7. The first-order valence-corrected chi connectivity index (χ1v) is 11.7. The summed E-state index contributed by atoms with van der Waals surface area (Å²) in [6, 6.07) is 17.7. The fourth-order valence-electron chi connectivity index (χ4n) is 3.65. The fraction of sp³-hybridized carbons (Fsp3) is 0.280. The predicted octanol–water partition coefficient (Wildman–Crippen LogP) is 4.57. The summed E-state index contributed by atoms with van der Waals surface area (Å²) in [7, 11) is 0. The molecule has 0 aliphatic heterocycles. The van der Waals surface area contributed by atoms with E-state index in [1.54, 1.807) is 22.9 Å². The van der Waals surface area contributed by atoms with Crippen LogP contribution in [0.1, 0.15) is 32.4 Å². The minimum atomic E-state index is -0.128. The summed E-state index contributed by atoms with van der Waals surface area (Å²) in [5.74, 6) is 0.327. The number of fused-ring (bicyclic) bond motifs is 2. The van der Waals surface area contributed by atoms with Gasteiger partial charge in [-0.25, -0.2) is 9.97 Å². The van der Waals surface area contributed by atoms with Gasteiger partial charge in [0.15, 0.2) is 10.8 Å². The third-order valence-corrected chi connectivity index (χ3v) is 6.20. The lowest BCUT2D eigenvalue weighted by Crippen LogP contribution is -2.29. The van der Waals surface area contributed by atoms with E-state index >= 15 is 0 Å². The highest BCUT2D eigenvalue weighted by atomic mass is 32.2. The summed E-state index contributed by atoms with van der Waals surface area (Å²) in [4.78, 5) is 34.4. The summed E-state index contributed by atoms with van der Waals surface area (Å²) in [6.07, 6.45) is 1.62. The van der Waals surface area contributed by atoms with Crippen molar-refractivity contribution in [2.24, 2.45) is 5.92 Å². The zero-order valence-corrected chi connectivity index (χ0v) is 19.2. The van der Waals surface area contributed by atoms with Gasteiger partial charge >= 0.3 is 0 Å². The van der Waals surface area contributed by atoms with Gasteiger partial charge in [-0.2, -0.15) is 0 Å². The van der Waals surface area contributed by atoms with Crippen molar-refractivity contribution in [3.8, 4) is 0 Å². The van der Waals surface area contributed by atoms with E-state index < -0.39 is 0 Å². The summed E-state index contributed by atoms with van der Waals surface area (Å²) in [6.45, 7) is 6.60. The van der Waals surface area contributed by atoms with Gasteiger partial charge in [-0.05, 0) is 47.4 Å². The Labute approximate surface area is 191 Å². The lowest BCUT2D eigenvalue weighted by molar-refractivity contribution is -0.119. The van der Waals surface area contributed by atoms with Crippen LogP contribution in [-0.2, 0) is 11.3 Å². The molecule has 4 rings (SSSR count). The van der Waals surface area contributed by atoms with Crippen LogP contribution in [0.3, 0.4) is 0 Å². The van der Waals surface area contributed by atoms with Crippen LogP contribution in [0.2, 0.25) is 0 Å². The smallest absolute Gasteiger partial charge is 0.263 e. The van der Waals surface area contributed by atoms with Crippen molar-refractivity contribution in [1.29, 1.82) is 0 Å². The second kappa shape index (κ2) is 9.53. The molecule has 7 heteroatoms. The topological polar surface area (TPSA) is 76.9 Å². The number of nitrogens with zero attached hydrogens (tertiary/aromatic N) is 3. The highest BCUT2D eigenvalue weighted by Crippen LogP contribution is 2.21. The van der Waals surface area contributed by atoms with E-state index in [2.05, 4.69) is 39.6 Å². The molecule has 0 unspecified atom stereocenters. The van der Waals surface area contributed by atoms with Gasteiger partial charge in [-0.15, -0.1) is 0 Å². The van der Waals surface area contributed by atoms with E-state index in [9.17, 15) is 9.59 Å². The van der Waals surface area contributed by atoms with Crippen LogP contribution in [0.25, 0.3) is 21.8 Å². The summed E-state index contributed by atoms with van der Waals surface area (Å²) in [5, 5.41) is 6.38. The van der Waals surface area contributed by atoms with Crippen LogP contribution >= 0.6 is 11.8 Å². The Morgan fingerprint density at radius 3 is 2.62 bits per heavy atom. The third-order valence-electron chi connectivity index (χ3n) is 5.23. The Morgan fingerprint density at radius 2 is 1.84 bits per heavy atom. The zero-order valence-electron chi connectivity index (χ0n) is 18.4. The van der Waals surface area contributed by atoms with Crippen molar-refractivity contribution >= 4 is 39.5 Å². The van der Waals surface area contributed by atoms with Crippen molar-refractivity contribution in [3.63, 3.8) is 0 Å². The molecule has 164 valence electrons. The van der Waals surface area contributed by atoms with Gasteiger partial charge < -0.3 is 5.32 Å². The molecule has 6 nitrogen and oxygen atoms in total. The number of hydrogen-bond donors (Lipinski definition) is 1. The van der Waals surface area contributed by atoms with Crippen LogP contribution < -0.4 is 10.9 Å². The van der Waals surface area contributed by atoms with E-state index in [4.69, 9.17) is 0 Å². The van der Waals surface area contributed by atoms with E-state index in [0.29, 0.717) is 22.7 Å². The molecule has 0 saturated heterocycles. The highest BCUT2D eigenvalue weighted by molar-refractivity contribution is 7.99. The number of carbonyl (C=O) groups excluding carboxylic acids is 1. The molecule has 2 aromatic carbocycles. The monoisotopic (exact) mass is 446 g/mol. The number of carbonyl (C=O) groups is 1. The molecule has 2 heterocycles. The van der Waals surface area contributed by atoms with Gasteiger partial charge in [0.25, 0.3) is 5.56 Å². The van der Waals surface area contributed by atoms with E-state index in [-0.39, 0.29) is 29.2 Å². The first-order chi connectivity index (χ1) is 15.4. The molecule has 0 saturated carbocycles. The Morgan fingerprint density at radius 1 is 1.06 bits per heavy atom. The zero-order chi connectivity index (χ0) is 22.7. The molecule has 32 heavy (non-hydrogen) atoms. The van der Waals surface area contributed by atoms with Crippen molar-refractivity contribution in [3.05, 3.63) is 76.7 Å². The number of amides is 1. The van der Waals surface area contributed by atoms with Crippen molar-refractivity contribution in [2.75, 3.05) is 5.75 Å². The molecule has 0 aliphatic rings. The Bertz CT molecular complexity index is 1330. The van der Waals surface area contributed by atoms with E-state index in [1.165, 1.54) is 17.1 Å². The second-order valence-electron chi connectivity index (χ2n) is 8.26. The number of benzene rings is 2. The SMILES string of the molecule is CC(C)Cn1c(SCC(=O)N[C@H](C)c2ccc3ccccc3c2)nc2ncccc2c1=O. The molecule has 1 N–H and O–H groups in total. The van der Waals surface area contributed by atoms with Gasteiger partial charge in [0, 0.05) is 12.7 Å². The number of pyridine rings is 1. The van der Waals surface area contributed by atoms with Crippen molar-refractivity contribution in [1.82, 2.24) is 19.9 Å². The molecule has 4 aromatic rings. The van der Waals surface area contributed by atoms with E-state index in [0.717, 1.165) is 10.9 Å². The molecule has 0 radical (unpaired) electrons. The molecular weight excluding hydrogens is 420 g/mol. The van der Waals surface area contributed by atoms with Crippen LogP contribution in [-0.4, -0.2) is 26.2 Å². The summed E-state index contributed by atoms with van der Waals surface area (Å²) >= 11 is 1.27. The van der Waals surface area contributed by atoms with Crippen LogP contribution in [0.4, 0.5) is 0 Å². The largest absolute Gasteiger partial charge is 0.349 e. The second-order valence-corrected chi connectivity index (χ2v) is 9.21.